The van der Waals surface area contributed by atoms with Gasteiger partial charge in [-0.3, -0.25) is 14.3 Å². The van der Waals surface area contributed by atoms with E-state index in [4.69, 9.17) is 18.6 Å². The quantitative estimate of drug-likeness (QED) is 0.671. The van der Waals surface area contributed by atoms with Crippen molar-refractivity contribution in [2.24, 2.45) is 0 Å². The van der Waals surface area contributed by atoms with Crippen molar-refractivity contribution in [2.75, 3.05) is 6.61 Å². The van der Waals surface area contributed by atoms with Crippen LogP contribution in [0, 0.1) is 0 Å². The lowest BCUT2D eigenvalue weighted by Crippen LogP contribution is -2.44. The van der Waals surface area contributed by atoms with Crippen LogP contribution in [0.1, 0.15) is 59.6 Å². The zero-order valence-electron chi connectivity index (χ0n) is 19.0. The van der Waals surface area contributed by atoms with Crippen LogP contribution in [0.25, 0.3) is 0 Å². The molecule has 0 aromatic carbocycles. The average molecular weight is 443 g/mol. The van der Waals surface area contributed by atoms with E-state index < -0.39 is 56.0 Å². The largest absolute Gasteiger partial charge is 0.414 e. The van der Waals surface area contributed by atoms with Crippen LogP contribution in [-0.4, -0.2) is 53.7 Å². The van der Waals surface area contributed by atoms with Crippen LogP contribution >= 0.6 is 0 Å². The van der Waals surface area contributed by atoms with E-state index in [0.29, 0.717) is 6.61 Å². The fraction of sp³-hybridized carbons (Fsp3) is 0.800. The van der Waals surface area contributed by atoms with Crippen LogP contribution in [0.4, 0.5) is 0 Å². The molecule has 3 rings (SSSR count). The first-order valence-electron chi connectivity index (χ1n) is 10.3. The summed E-state index contributed by atoms with van der Waals surface area (Å²) < 4.78 is 26.0. The molecule has 3 heterocycles. The summed E-state index contributed by atoms with van der Waals surface area (Å²) in [6.45, 7) is 16.2. The molecule has 2 N–H and O–H groups in total. The predicted molar refractivity (Wildman–Crippen MR) is 113 cm³/mol. The van der Waals surface area contributed by atoms with E-state index in [2.05, 4.69) is 38.8 Å². The molecule has 1 aromatic rings. The zero-order chi connectivity index (χ0) is 22.6. The Hall–Kier alpha value is -1.30. The summed E-state index contributed by atoms with van der Waals surface area (Å²) in [5, 5.41) is 10.2. The number of H-pyrrole nitrogens is 1. The molecule has 2 aliphatic rings. The van der Waals surface area contributed by atoms with Crippen molar-refractivity contribution in [3.05, 3.63) is 32.6 Å². The molecule has 0 unspecified atom stereocenters. The highest BCUT2D eigenvalue weighted by atomic mass is 28.4. The van der Waals surface area contributed by atoms with Gasteiger partial charge in [-0.05, 0) is 38.9 Å². The zero-order valence-corrected chi connectivity index (χ0v) is 20.0. The number of nitrogens with zero attached hydrogens (tertiary/aromatic N) is 1. The molecule has 0 spiro atoms. The molecule has 0 radical (unpaired) electrons. The van der Waals surface area contributed by atoms with Crippen LogP contribution in [0.3, 0.4) is 0 Å². The predicted octanol–water partition coefficient (Wildman–Crippen LogP) is 2.03. The van der Waals surface area contributed by atoms with Crippen molar-refractivity contribution in [3.63, 3.8) is 0 Å². The van der Waals surface area contributed by atoms with E-state index in [1.54, 1.807) is 13.8 Å². The Morgan fingerprint density at radius 2 is 1.87 bits per heavy atom. The first-order chi connectivity index (χ1) is 13.6. The van der Waals surface area contributed by atoms with E-state index in [1.807, 2.05) is 0 Å². The number of nitrogens with one attached hydrogen (secondary N) is 1. The Balaban J connectivity index is 1.95. The highest BCUT2D eigenvalue weighted by Crippen LogP contribution is 2.44. The molecule has 0 aliphatic carbocycles. The Labute approximate surface area is 177 Å². The molecule has 2 saturated heterocycles. The van der Waals surface area contributed by atoms with Gasteiger partial charge in [0.1, 0.15) is 18.3 Å². The van der Waals surface area contributed by atoms with E-state index in [0.717, 1.165) is 0 Å². The molecule has 10 heteroatoms. The highest BCUT2D eigenvalue weighted by Gasteiger charge is 2.57. The summed E-state index contributed by atoms with van der Waals surface area (Å²) >= 11 is 0. The van der Waals surface area contributed by atoms with Crippen molar-refractivity contribution in [1.82, 2.24) is 9.55 Å². The highest BCUT2D eigenvalue weighted by molar-refractivity contribution is 6.74. The van der Waals surface area contributed by atoms with Crippen molar-refractivity contribution >= 4 is 8.32 Å². The minimum atomic E-state index is -2.03. The molecule has 5 atom stereocenters. The first kappa shape index (κ1) is 23.4. The summed E-state index contributed by atoms with van der Waals surface area (Å²) in [5.41, 5.74) is -1.09. The summed E-state index contributed by atoms with van der Waals surface area (Å²) in [6.07, 6.45) is -3.40. The monoisotopic (exact) mass is 442 g/mol. The number of aliphatic hydroxyl groups excluding tert-OH is 1. The van der Waals surface area contributed by atoms with E-state index in [-0.39, 0.29) is 10.7 Å². The second-order valence-corrected chi connectivity index (χ2v) is 14.9. The second-order valence-electron chi connectivity index (χ2n) is 10.1. The number of aliphatic hydroxyl groups is 1. The molecule has 0 amide bonds. The molecule has 9 nitrogen and oxygen atoms in total. The van der Waals surface area contributed by atoms with Gasteiger partial charge >= 0.3 is 5.69 Å². The summed E-state index contributed by atoms with van der Waals surface area (Å²) in [6, 6.07) is 1.20. The van der Waals surface area contributed by atoms with Crippen LogP contribution < -0.4 is 11.2 Å². The first-order valence-corrected chi connectivity index (χ1v) is 13.2. The van der Waals surface area contributed by atoms with Gasteiger partial charge in [-0.25, -0.2) is 4.79 Å². The van der Waals surface area contributed by atoms with Gasteiger partial charge < -0.3 is 23.7 Å². The van der Waals surface area contributed by atoms with Gasteiger partial charge in [-0.2, -0.15) is 0 Å². The lowest BCUT2D eigenvalue weighted by Gasteiger charge is -2.37. The smallest absolute Gasteiger partial charge is 0.330 e. The Bertz CT molecular complexity index is 900. The minimum absolute atomic E-state index is 0.0338. The average Bonchev–Trinajstić information content (AvgIpc) is 3.04. The molecule has 2 fully saturated rings. The van der Waals surface area contributed by atoms with Gasteiger partial charge in [-0.1, -0.05) is 20.8 Å². The number of ether oxygens (including phenoxy) is 3. The van der Waals surface area contributed by atoms with Crippen LogP contribution in [0.2, 0.25) is 18.1 Å². The molecular formula is C20H34N2O7Si. The van der Waals surface area contributed by atoms with Crippen LogP contribution in [0.5, 0.6) is 0 Å². The van der Waals surface area contributed by atoms with Crippen molar-refractivity contribution < 1.29 is 23.7 Å². The van der Waals surface area contributed by atoms with Crippen molar-refractivity contribution in [3.8, 4) is 0 Å². The summed E-state index contributed by atoms with van der Waals surface area (Å²) in [4.78, 5) is 26.7. The van der Waals surface area contributed by atoms with Gasteiger partial charge in [0, 0.05) is 6.07 Å². The van der Waals surface area contributed by atoms with Crippen molar-refractivity contribution in [2.45, 2.75) is 96.1 Å². The Kier molecular flexibility index (Phi) is 5.98. The fourth-order valence-corrected chi connectivity index (χ4v) is 4.63. The van der Waals surface area contributed by atoms with E-state index in [9.17, 15) is 14.7 Å². The van der Waals surface area contributed by atoms with Crippen LogP contribution in [-0.2, 0) is 18.6 Å². The standard InChI is InChI=1S/C20H34N2O7Si/c1-11(23)12-9-14(24)21-18(25)22(12)17-16-15(28-20(5,6)29-16)13(27-17)10-26-30(7,8)19(2,3)4/h9,11,13,15-17,23H,10H2,1-8H3,(H,21,24,25)/t11-,13+,15+,16+,17+/m0/s1. The van der Waals surface area contributed by atoms with E-state index >= 15 is 0 Å². The van der Waals surface area contributed by atoms with Gasteiger partial charge in [0.25, 0.3) is 5.56 Å². The molecule has 170 valence electrons. The molecule has 2 aliphatic heterocycles. The normalized spacial score (nSPS) is 29.8. The number of aromatic nitrogens is 2. The maximum Gasteiger partial charge on any atom is 0.330 e. The lowest BCUT2D eigenvalue weighted by molar-refractivity contribution is -0.200. The van der Waals surface area contributed by atoms with Gasteiger partial charge in [0.2, 0.25) is 0 Å². The van der Waals surface area contributed by atoms with E-state index in [1.165, 1.54) is 17.6 Å². The second kappa shape index (κ2) is 7.68. The molecular weight excluding hydrogens is 408 g/mol. The molecule has 0 bridgehead atoms. The topological polar surface area (TPSA) is 112 Å². The number of hydrogen-bond acceptors (Lipinski definition) is 7. The maximum atomic E-state index is 12.7. The Morgan fingerprint density at radius 1 is 1.27 bits per heavy atom. The third-order valence-corrected chi connectivity index (χ3v) is 10.7. The van der Waals surface area contributed by atoms with Crippen LogP contribution in [0.15, 0.2) is 15.7 Å². The minimum Gasteiger partial charge on any atom is -0.414 e. The maximum absolute atomic E-state index is 12.7. The van der Waals surface area contributed by atoms with Gasteiger partial charge in [-0.15, -0.1) is 0 Å². The fourth-order valence-electron chi connectivity index (χ4n) is 3.62. The lowest BCUT2D eigenvalue weighted by atomic mass is 10.1. The molecule has 0 saturated carbocycles. The number of aromatic amines is 1. The number of rotatable bonds is 5. The third kappa shape index (κ3) is 4.34. The van der Waals surface area contributed by atoms with Gasteiger partial charge in [0.05, 0.1) is 18.4 Å². The number of hydrogen-bond donors (Lipinski definition) is 2. The summed E-state index contributed by atoms with van der Waals surface area (Å²) in [5.74, 6) is -0.858. The Morgan fingerprint density at radius 3 is 2.43 bits per heavy atom. The summed E-state index contributed by atoms with van der Waals surface area (Å²) in [7, 11) is -2.03. The molecule has 1 aromatic heterocycles. The SMILES string of the molecule is C[C@H](O)c1cc(=O)[nH]c(=O)n1[C@@H]1O[C@H](CO[Si](C)(C)C(C)(C)C)[C@H]2OC(C)(C)O[C@H]21. The third-order valence-electron chi connectivity index (χ3n) is 6.23. The van der Waals surface area contributed by atoms with Crippen molar-refractivity contribution in [1.29, 1.82) is 0 Å². The molecule has 30 heavy (non-hydrogen) atoms. The number of fused-ring (bicyclic) bond motifs is 1. The van der Waals surface area contributed by atoms with Gasteiger partial charge in [0.15, 0.2) is 20.3 Å².